The van der Waals surface area contributed by atoms with Crippen molar-refractivity contribution in [1.29, 1.82) is 0 Å². The van der Waals surface area contributed by atoms with Gasteiger partial charge in [-0.05, 0) is 104 Å². The molecule has 0 N–H and O–H groups in total. The fraction of sp³-hybridized carbons (Fsp3) is 0. The lowest BCUT2D eigenvalue weighted by Gasteiger charge is -2.29. The second-order valence-electron chi connectivity index (χ2n) is 14.2. The molecule has 0 aromatic heterocycles. The highest BCUT2D eigenvalue weighted by atomic mass is 15.1. The van der Waals surface area contributed by atoms with Gasteiger partial charge in [0.25, 0.3) is 0 Å². The van der Waals surface area contributed by atoms with Crippen LogP contribution in [0.3, 0.4) is 0 Å². The summed E-state index contributed by atoms with van der Waals surface area (Å²) in [6.07, 6.45) is 4.39. The van der Waals surface area contributed by atoms with Gasteiger partial charge in [-0.25, -0.2) is 0 Å². The number of rotatable bonds is 8. The Morgan fingerprint density at radius 2 is 0.750 bits per heavy atom. The van der Waals surface area contributed by atoms with E-state index in [0.717, 1.165) is 45.3 Å². The Morgan fingerprint density at radius 1 is 0.250 bits per heavy atom. The number of anilines is 6. The van der Waals surface area contributed by atoms with Crippen LogP contribution in [0.5, 0.6) is 0 Å². The van der Waals surface area contributed by atoms with Crippen molar-refractivity contribution >= 4 is 89.4 Å². The summed E-state index contributed by atoms with van der Waals surface area (Å²) >= 11 is 0. The van der Waals surface area contributed by atoms with E-state index in [-0.39, 0.29) is 0 Å². The van der Waals surface area contributed by atoms with Gasteiger partial charge in [0.15, 0.2) is 0 Å². The first-order valence-corrected chi connectivity index (χ1v) is 19.2. The third-order valence-electron chi connectivity index (χ3n) is 10.8. The second kappa shape index (κ2) is 14.4. The minimum atomic E-state index is 1.11. The van der Waals surface area contributed by atoms with Crippen LogP contribution in [0.4, 0.5) is 34.1 Å². The number of fused-ring (bicyclic) bond motifs is 5. The van der Waals surface area contributed by atoms with Gasteiger partial charge in [0.2, 0.25) is 0 Å². The zero-order valence-corrected chi connectivity index (χ0v) is 30.8. The number of para-hydroxylation sites is 1. The predicted molar refractivity (Wildman–Crippen MR) is 241 cm³/mol. The zero-order chi connectivity index (χ0) is 37.3. The largest absolute Gasteiger partial charge is 0.310 e. The molecule has 0 aliphatic carbocycles. The summed E-state index contributed by atoms with van der Waals surface area (Å²) in [6.45, 7) is 0. The molecule has 10 rings (SSSR count). The van der Waals surface area contributed by atoms with Crippen LogP contribution in [-0.2, 0) is 0 Å². The number of hydrogen-bond donors (Lipinski definition) is 0. The molecule has 0 bridgehead atoms. The van der Waals surface area contributed by atoms with E-state index in [0.29, 0.717) is 0 Å². The molecule has 10 aromatic carbocycles. The van der Waals surface area contributed by atoms with Gasteiger partial charge in [0.1, 0.15) is 0 Å². The summed E-state index contributed by atoms with van der Waals surface area (Å²) in [5, 5.41) is 9.85. The maximum absolute atomic E-state index is 2.43. The molecule has 0 saturated carbocycles. The van der Waals surface area contributed by atoms with Crippen LogP contribution >= 0.6 is 0 Å². The minimum Gasteiger partial charge on any atom is -0.310 e. The fourth-order valence-electron chi connectivity index (χ4n) is 8.03. The molecule has 0 fully saturated rings. The maximum atomic E-state index is 2.43. The van der Waals surface area contributed by atoms with Gasteiger partial charge in [-0.2, -0.15) is 0 Å². The third kappa shape index (κ3) is 6.24. The minimum absolute atomic E-state index is 1.11. The molecule has 2 heteroatoms. The van der Waals surface area contributed by atoms with E-state index in [4.69, 9.17) is 0 Å². The monoisotopic (exact) mass is 714 g/mol. The van der Waals surface area contributed by atoms with Crippen molar-refractivity contribution in [2.45, 2.75) is 0 Å². The molecule has 56 heavy (non-hydrogen) atoms. The summed E-state index contributed by atoms with van der Waals surface area (Å²) in [5.74, 6) is 0. The van der Waals surface area contributed by atoms with E-state index in [1.807, 2.05) is 0 Å². The van der Waals surface area contributed by atoms with Gasteiger partial charge >= 0.3 is 0 Å². The van der Waals surface area contributed by atoms with Crippen molar-refractivity contribution in [3.63, 3.8) is 0 Å². The highest BCUT2D eigenvalue weighted by Gasteiger charge is 2.19. The highest BCUT2D eigenvalue weighted by Crippen LogP contribution is 2.44. The van der Waals surface area contributed by atoms with Crippen molar-refractivity contribution in [2.75, 3.05) is 9.80 Å². The molecule has 0 atom stereocenters. The van der Waals surface area contributed by atoms with Crippen molar-refractivity contribution in [3.05, 3.63) is 230 Å². The van der Waals surface area contributed by atoms with Gasteiger partial charge in [-0.1, -0.05) is 170 Å². The first kappa shape index (κ1) is 33.2. The average molecular weight is 715 g/mol. The average Bonchev–Trinajstić information content (AvgIpc) is 3.27. The molecule has 10 aromatic rings. The first-order chi connectivity index (χ1) is 27.8. The summed E-state index contributed by atoms with van der Waals surface area (Å²) in [6, 6.07) is 78.6. The van der Waals surface area contributed by atoms with Gasteiger partial charge in [0, 0.05) is 33.5 Å². The zero-order valence-electron chi connectivity index (χ0n) is 30.8. The highest BCUT2D eigenvalue weighted by molar-refractivity contribution is 6.15. The van der Waals surface area contributed by atoms with Crippen LogP contribution in [0.15, 0.2) is 218 Å². The number of nitrogens with zero attached hydrogens (tertiary/aromatic N) is 2. The standard InChI is InChI=1S/C54H38N2/c1-2-18-45(19-3-1)55(48-36-31-41-13-4-5-15-43(41)37-48)46-32-27-39(28-33-46)25-26-40-29-34-47(35-30-40)56(53-24-12-17-42-14-6-9-21-50(42)53)54-38-44-16-7-8-20-49(44)51-22-10-11-23-52(51)54/h1-38H/b26-25+. The van der Waals surface area contributed by atoms with E-state index in [1.165, 1.54) is 43.1 Å². The van der Waals surface area contributed by atoms with E-state index < -0.39 is 0 Å². The van der Waals surface area contributed by atoms with Crippen LogP contribution in [0.1, 0.15) is 11.1 Å². The van der Waals surface area contributed by atoms with E-state index in [9.17, 15) is 0 Å². The van der Waals surface area contributed by atoms with Crippen molar-refractivity contribution < 1.29 is 0 Å². The molecular weight excluding hydrogens is 677 g/mol. The first-order valence-electron chi connectivity index (χ1n) is 19.2. The fourth-order valence-corrected chi connectivity index (χ4v) is 8.03. The molecule has 0 heterocycles. The topological polar surface area (TPSA) is 6.48 Å². The molecule has 0 unspecified atom stereocenters. The van der Waals surface area contributed by atoms with Crippen molar-refractivity contribution in [3.8, 4) is 0 Å². The molecule has 0 spiro atoms. The second-order valence-corrected chi connectivity index (χ2v) is 14.2. The molecular formula is C54H38N2. The molecule has 0 aliphatic heterocycles. The molecule has 0 aliphatic rings. The van der Waals surface area contributed by atoms with Gasteiger partial charge in [-0.3, -0.25) is 0 Å². The summed E-state index contributed by atoms with van der Waals surface area (Å²) in [4.78, 5) is 4.75. The Morgan fingerprint density at radius 3 is 1.46 bits per heavy atom. The Hall–Kier alpha value is -7.42. The Labute approximate surface area is 327 Å². The summed E-state index contributed by atoms with van der Waals surface area (Å²) in [5.41, 5.74) is 9.08. The van der Waals surface area contributed by atoms with Gasteiger partial charge < -0.3 is 9.80 Å². The summed E-state index contributed by atoms with van der Waals surface area (Å²) < 4.78 is 0. The predicted octanol–water partition coefficient (Wildman–Crippen LogP) is 15.4. The molecule has 0 radical (unpaired) electrons. The smallest absolute Gasteiger partial charge is 0.0546 e. The summed E-state index contributed by atoms with van der Waals surface area (Å²) in [7, 11) is 0. The number of benzene rings is 10. The van der Waals surface area contributed by atoms with Crippen LogP contribution in [0.2, 0.25) is 0 Å². The Bertz CT molecular complexity index is 3010. The molecule has 2 nitrogen and oxygen atoms in total. The molecule has 0 amide bonds. The third-order valence-corrected chi connectivity index (χ3v) is 10.8. The Balaban J connectivity index is 0.993. The van der Waals surface area contributed by atoms with E-state index >= 15 is 0 Å². The molecule has 264 valence electrons. The lowest BCUT2D eigenvalue weighted by molar-refractivity contribution is 1.29. The van der Waals surface area contributed by atoms with Crippen LogP contribution in [0, 0.1) is 0 Å². The van der Waals surface area contributed by atoms with Crippen molar-refractivity contribution in [2.24, 2.45) is 0 Å². The quantitative estimate of drug-likeness (QED) is 0.114. The van der Waals surface area contributed by atoms with Crippen LogP contribution in [-0.4, -0.2) is 0 Å². The van der Waals surface area contributed by atoms with Crippen LogP contribution < -0.4 is 9.80 Å². The van der Waals surface area contributed by atoms with E-state index in [2.05, 4.69) is 240 Å². The normalized spacial score (nSPS) is 11.5. The van der Waals surface area contributed by atoms with Gasteiger partial charge in [-0.15, -0.1) is 0 Å². The lowest BCUT2D eigenvalue weighted by atomic mass is 9.98. The Kier molecular flexibility index (Phi) is 8.55. The SMILES string of the molecule is C(=C\c1ccc(N(c2cccc3ccccc23)c2cc3ccccc3c3ccccc23)cc1)/c1ccc(N(c2ccccc2)c2ccc3ccccc3c2)cc1. The van der Waals surface area contributed by atoms with Crippen LogP contribution in [0.25, 0.3) is 55.2 Å². The maximum Gasteiger partial charge on any atom is 0.0546 e. The van der Waals surface area contributed by atoms with E-state index in [1.54, 1.807) is 0 Å². The number of hydrogen-bond acceptors (Lipinski definition) is 2. The van der Waals surface area contributed by atoms with Crippen molar-refractivity contribution in [1.82, 2.24) is 0 Å². The lowest BCUT2D eigenvalue weighted by Crippen LogP contribution is -2.11. The van der Waals surface area contributed by atoms with Gasteiger partial charge in [0.05, 0.1) is 11.4 Å². The molecule has 0 saturated heterocycles.